The Bertz CT molecular complexity index is 1080. The highest BCUT2D eigenvalue weighted by atomic mass is 35.5. The van der Waals surface area contributed by atoms with Crippen LogP contribution in [0.2, 0.25) is 5.15 Å². The number of rotatable bonds is 8. The third-order valence-corrected chi connectivity index (χ3v) is 13.6. The zero-order valence-electron chi connectivity index (χ0n) is 26.7. The van der Waals surface area contributed by atoms with Crippen LogP contribution < -0.4 is 14.9 Å². The van der Waals surface area contributed by atoms with Crippen LogP contribution in [-0.4, -0.2) is 108 Å². The summed E-state index contributed by atoms with van der Waals surface area (Å²) in [5.41, 5.74) is -0.214. The van der Waals surface area contributed by atoms with Gasteiger partial charge in [-0.1, -0.05) is 11.6 Å². The van der Waals surface area contributed by atoms with Gasteiger partial charge in [0.05, 0.1) is 50.2 Å². The summed E-state index contributed by atoms with van der Waals surface area (Å²) in [5.74, 6) is 0.567. The molecular weight excluding hydrogens is 610 g/mol. The zero-order valence-corrected chi connectivity index (χ0v) is 29.1. The molecule has 4 aliphatic heterocycles. The summed E-state index contributed by atoms with van der Waals surface area (Å²) in [5, 5.41) is 11.9. The van der Waals surface area contributed by atoms with Gasteiger partial charge >= 0.3 is 0 Å². The Labute approximate surface area is 268 Å². The Morgan fingerprint density at radius 1 is 1.02 bits per heavy atom. The average molecular weight is 660 g/mol. The molecule has 0 saturated carbocycles. The first-order valence-corrected chi connectivity index (χ1v) is 18.2. The quantitative estimate of drug-likeness (QED) is 0.399. The van der Waals surface area contributed by atoms with Crippen LogP contribution in [0.15, 0.2) is 6.20 Å². The Morgan fingerprint density at radius 3 is 2.26 bits per heavy atom. The minimum atomic E-state index is -1.40. The molecule has 1 aromatic heterocycles. The monoisotopic (exact) mass is 659 g/mol. The third kappa shape index (κ3) is 6.96. The largest absolute Gasteiger partial charge is 0.598 e. The molecule has 6 atom stereocenters. The smallest absolute Gasteiger partial charge is 0.245 e. The van der Waals surface area contributed by atoms with E-state index in [0.717, 1.165) is 51.9 Å². The van der Waals surface area contributed by atoms with Crippen LogP contribution in [0.1, 0.15) is 74.1 Å². The number of halogens is 1. The summed E-state index contributed by atoms with van der Waals surface area (Å²) in [6, 6.07) is -0.0926. The van der Waals surface area contributed by atoms with Gasteiger partial charge in [0.2, 0.25) is 5.95 Å². The van der Waals surface area contributed by atoms with Gasteiger partial charge in [-0.25, -0.2) is 4.98 Å². The SMILES string of the molecule is CC1OCC2(CCN(c3ncc(Cl)nn3)CC2)C1N(CC(C)(C)[S+]([O-])N[C@@H]1[C@H](C)OCC12CCNCC2)[S+]([O-])C(C)(C)C. The number of aromatic nitrogens is 3. The van der Waals surface area contributed by atoms with E-state index in [9.17, 15) is 9.11 Å². The van der Waals surface area contributed by atoms with Gasteiger partial charge in [-0.05, 0) is 87.2 Å². The van der Waals surface area contributed by atoms with Crippen LogP contribution in [0.25, 0.3) is 0 Å². The van der Waals surface area contributed by atoms with Crippen molar-refractivity contribution in [3.8, 4) is 0 Å². The van der Waals surface area contributed by atoms with Crippen molar-refractivity contribution in [1.82, 2.24) is 29.5 Å². The van der Waals surface area contributed by atoms with E-state index < -0.39 is 32.2 Å². The second kappa shape index (κ2) is 13.0. The highest BCUT2D eigenvalue weighted by Gasteiger charge is 2.59. The van der Waals surface area contributed by atoms with Crippen molar-refractivity contribution in [2.24, 2.45) is 10.8 Å². The molecule has 1 aromatic rings. The second-order valence-electron chi connectivity index (χ2n) is 14.6. The lowest BCUT2D eigenvalue weighted by Crippen LogP contribution is -2.64. The van der Waals surface area contributed by atoms with Crippen molar-refractivity contribution in [3.05, 3.63) is 11.3 Å². The fourth-order valence-electron chi connectivity index (χ4n) is 7.41. The first-order valence-electron chi connectivity index (χ1n) is 15.6. The van der Waals surface area contributed by atoms with E-state index in [-0.39, 0.29) is 40.3 Å². The van der Waals surface area contributed by atoms with Crippen molar-refractivity contribution >= 4 is 40.3 Å². The molecular formula is C29H50ClN7O4S2. The van der Waals surface area contributed by atoms with E-state index in [1.54, 1.807) is 0 Å². The molecule has 244 valence electrons. The maximum absolute atomic E-state index is 14.4. The molecule has 4 saturated heterocycles. The Kier molecular flexibility index (Phi) is 10.2. The van der Waals surface area contributed by atoms with Crippen molar-refractivity contribution < 1.29 is 18.6 Å². The molecule has 0 bridgehead atoms. The second-order valence-corrected chi connectivity index (χ2v) is 19.0. The lowest BCUT2D eigenvalue weighted by Gasteiger charge is -2.48. The minimum Gasteiger partial charge on any atom is -0.598 e. The lowest BCUT2D eigenvalue weighted by molar-refractivity contribution is 0.0944. The molecule has 43 heavy (non-hydrogen) atoms. The van der Waals surface area contributed by atoms with Crippen LogP contribution in [0.4, 0.5) is 5.95 Å². The molecule has 0 aromatic carbocycles. The molecule has 4 fully saturated rings. The summed E-state index contributed by atoms with van der Waals surface area (Å²) in [7, 11) is 0. The van der Waals surface area contributed by atoms with Crippen LogP contribution in [-0.2, 0) is 32.2 Å². The third-order valence-electron chi connectivity index (χ3n) is 9.95. The number of ether oxygens (including phenoxy) is 2. The lowest BCUT2D eigenvalue weighted by atomic mass is 9.73. The van der Waals surface area contributed by atoms with Gasteiger partial charge in [0.15, 0.2) is 9.90 Å². The molecule has 14 heteroatoms. The minimum absolute atomic E-state index is 0.00487. The van der Waals surface area contributed by atoms with Crippen molar-refractivity contribution in [3.63, 3.8) is 0 Å². The van der Waals surface area contributed by atoms with Gasteiger partial charge in [-0.2, -0.15) is 0 Å². The zero-order chi connectivity index (χ0) is 31.2. The van der Waals surface area contributed by atoms with Gasteiger partial charge < -0.3 is 28.8 Å². The number of anilines is 1. The van der Waals surface area contributed by atoms with Crippen molar-refractivity contribution in [2.45, 2.75) is 108 Å². The predicted octanol–water partition coefficient (Wildman–Crippen LogP) is 2.85. The van der Waals surface area contributed by atoms with Gasteiger partial charge in [0, 0.05) is 46.6 Å². The normalized spacial score (nSPS) is 30.8. The summed E-state index contributed by atoms with van der Waals surface area (Å²) in [4.78, 5) is 6.50. The van der Waals surface area contributed by atoms with Crippen LogP contribution in [0.5, 0.6) is 0 Å². The Morgan fingerprint density at radius 2 is 1.65 bits per heavy atom. The first-order chi connectivity index (χ1) is 20.2. The molecule has 2 spiro atoms. The molecule has 0 aliphatic carbocycles. The average Bonchev–Trinajstić information content (AvgIpc) is 3.43. The first kappa shape index (κ1) is 33.9. The molecule has 11 nitrogen and oxygen atoms in total. The highest BCUT2D eigenvalue weighted by molar-refractivity contribution is 7.91. The van der Waals surface area contributed by atoms with Crippen LogP contribution >= 0.6 is 11.6 Å². The Balaban J connectivity index is 1.36. The van der Waals surface area contributed by atoms with Crippen molar-refractivity contribution in [2.75, 3.05) is 50.8 Å². The Hall–Kier alpha value is -0.480. The van der Waals surface area contributed by atoms with Gasteiger partial charge in [0.1, 0.15) is 4.75 Å². The van der Waals surface area contributed by atoms with Crippen molar-refractivity contribution in [1.29, 1.82) is 0 Å². The maximum Gasteiger partial charge on any atom is 0.245 e. The van der Waals surface area contributed by atoms with E-state index in [4.69, 9.17) is 21.1 Å². The summed E-state index contributed by atoms with van der Waals surface area (Å²) >= 11 is 3.16. The van der Waals surface area contributed by atoms with E-state index in [1.165, 1.54) is 6.20 Å². The number of nitrogens with one attached hydrogen (secondary N) is 2. The van der Waals surface area contributed by atoms with Gasteiger partial charge in [-0.3, -0.25) is 0 Å². The molecule has 2 N–H and O–H groups in total. The number of hydrogen-bond donors (Lipinski definition) is 2. The molecule has 5 heterocycles. The molecule has 0 radical (unpaired) electrons. The highest BCUT2D eigenvalue weighted by Crippen LogP contribution is 2.48. The van der Waals surface area contributed by atoms with E-state index in [0.29, 0.717) is 25.7 Å². The number of piperidine rings is 2. The summed E-state index contributed by atoms with van der Waals surface area (Å²) < 4.78 is 45.6. The fraction of sp³-hybridized carbons (Fsp3) is 0.897. The van der Waals surface area contributed by atoms with E-state index in [1.807, 2.05) is 34.6 Å². The van der Waals surface area contributed by atoms with E-state index >= 15 is 0 Å². The number of nitrogens with zero attached hydrogens (tertiary/aromatic N) is 5. The van der Waals surface area contributed by atoms with Crippen LogP contribution in [0, 0.1) is 10.8 Å². The molecule has 4 unspecified atom stereocenters. The topological polar surface area (TPSA) is 134 Å². The number of hydrogen-bond acceptors (Lipinski definition) is 11. The van der Waals surface area contributed by atoms with E-state index in [2.05, 4.69) is 48.3 Å². The predicted molar refractivity (Wildman–Crippen MR) is 172 cm³/mol. The van der Waals surface area contributed by atoms with Gasteiger partial charge in [-0.15, -0.1) is 19.2 Å². The summed E-state index contributed by atoms with van der Waals surface area (Å²) in [6.07, 6.45) is 5.05. The van der Waals surface area contributed by atoms with Gasteiger partial charge in [0.25, 0.3) is 0 Å². The summed E-state index contributed by atoms with van der Waals surface area (Å²) in [6.45, 7) is 19.3. The molecule has 4 aliphatic rings. The standard InChI is InChI=1S/C29H50ClN7O4S2/c1-20-23(28(18-40-20)8-12-31-13-9-28)35-42(38)27(6,7)17-37(43(39)26(3,4)5)24-21(2)41-19-29(24)10-14-36(15-11-29)25-32-16-22(30)33-34-25/h16,20-21,23-24,31,35H,8-15,17-19H2,1-7H3/t20-,21?,23+,24?,42?,43?/m0/s1. The van der Waals surface area contributed by atoms with Crippen LogP contribution in [0.3, 0.4) is 0 Å². The molecule has 5 rings (SSSR count). The fourth-order valence-corrected chi connectivity index (χ4v) is 10.6. The molecule has 0 amide bonds. The maximum atomic E-state index is 14.4.